The van der Waals surface area contributed by atoms with Crippen LogP contribution in [0.5, 0.6) is 0 Å². The van der Waals surface area contributed by atoms with Crippen LogP contribution in [0, 0.1) is 0 Å². The zero-order chi connectivity index (χ0) is 12.8. The van der Waals surface area contributed by atoms with E-state index in [1.807, 2.05) is 43.4 Å². The SMILES string of the molecule is CN(c1ccccc1)[C@H](CO)Cc1ccccc1. The molecule has 1 atom stereocenters. The van der Waals surface area contributed by atoms with E-state index < -0.39 is 0 Å². The van der Waals surface area contributed by atoms with Crippen LogP contribution in [0.1, 0.15) is 5.56 Å². The standard InChI is InChI=1S/C16H19NO/c1-17(15-10-6-3-7-11-15)16(13-18)12-14-8-4-2-5-9-14/h2-11,16,18H,12-13H2,1H3/t16-/m0/s1. The van der Waals surface area contributed by atoms with E-state index in [0.29, 0.717) is 0 Å². The molecule has 0 saturated heterocycles. The van der Waals surface area contributed by atoms with Gasteiger partial charge in [-0.05, 0) is 24.1 Å². The molecule has 2 heteroatoms. The van der Waals surface area contributed by atoms with E-state index in [1.54, 1.807) is 0 Å². The Balaban J connectivity index is 2.09. The number of benzene rings is 2. The van der Waals surface area contributed by atoms with Gasteiger partial charge in [-0.15, -0.1) is 0 Å². The Morgan fingerprint density at radius 2 is 1.50 bits per heavy atom. The third-order valence-corrected chi connectivity index (χ3v) is 3.24. The molecule has 0 aliphatic heterocycles. The van der Waals surface area contributed by atoms with Gasteiger partial charge in [-0.3, -0.25) is 0 Å². The first-order valence-electron chi connectivity index (χ1n) is 6.24. The first kappa shape index (κ1) is 12.7. The lowest BCUT2D eigenvalue weighted by atomic mass is 10.1. The summed E-state index contributed by atoms with van der Waals surface area (Å²) in [4.78, 5) is 2.13. The summed E-state index contributed by atoms with van der Waals surface area (Å²) in [5.41, 5.74) is 2.38. The van der Waals surface area contributed by atoms with Gasteiger partial charge in [0.1, 0.15) is 0 Å². The quantitative estimate of drug-likeness (QED) is 0.870. The van der Waals surface area contributed by atoms with Crippen molar-refractivity contribution in [3.63, 3.8) is 0 Å². The van der Waals surface area contributed by atoms with Gasteiger partial charge in [0.05, 0.1) is 12.6 Å². The molecule has 0 bridgehead atoms. The van der Waals surface area contributed by atoms with E-state index in [1.165, 1.54) is 5.56 Å². The maximum Gasteiger partial charge on any atom is 0.0638 e. The Bertz CT molecular complexity index is 455. The van der Waals surface area contributed by atoms with Gasteiger partial charge in [-0.2, -0.15) is 0 Å². The van der Waals surface area contributed by atoms with E-state index in [4.69, 9.17) is 0 Å². The Hall–Kier alpha value is -1.80. The van der Waals surface area contributed by atoms with Crippen molar-refractivity contribution in [3.05, 3.63) is 66.2 Å². The summed E-state index contributed by atoms with van der Waals surface area (Å²) in [5.74, 6) is 0. The zero-order valence-corrected chi connectivity index (χ0v) is 10.7. The van der Waals surface area contributed by atoms with Crippen molar-refractivity contribution in [1.29, 1.82) is 0 Å². The molecular formula is C16H19NO. The Labute approximate surface area is 109 Å². The second-order valence-electron chi connectivity index (χ2n) is 4.47. The number of hydrogen-bond acceptors (Lipinski definition) is 2. The number of rotatable bonds is 5. The number of hydrogen-bond donors (Lipinski definition) is 1. The number of likely N-dealkylation sites (N-methyl/N-ethyl adjacent to an activating group) is 1. The molecule has 0 saturated carbocycles. The fourth-order valence-electron chi connectivity index (χ4n) is 2.08. The summed E-state index contributed by atoms with van der Waals surface area (Å²) >= 11 is 0. The highest BCUT2D eigenvalue weighted by atomic mass is 16.3. The number of aliphatic hydroxyl groups excluding tert-OH is 1. The highest BCUT2D eigenvalue weighted by Gasteiger charge is 2.14. The smallest absolute Gasteiger partial charge is 0.0638 e. The number of anilines is 1. The van der Waals surface area contributed by atoms with Gasteiger partial charge in [0.15, 0.2) is 0 Å². The predicted octanol–water partition coefficient (Wildman–Crippen LogP) is 2.73. The highest BCUT2D eigenvalue weighted by molar-refractivity contribution is 5.46. The summed E-state index contributed by atoms with van der Waals surface area (Å²) in [6.07, 6.45) is 0.850. The number of aliphatic hydroxyl groups is 1. The molecule has 2 rings (SSSR count). The van der Waals surface area contributed by atoms with Crippen molar-refractivity contribution in [3.8, 4) is 0 Å². The number of nitrogens with zero attached hydrogens (tertiary/aromatic N) is 1. The minimum atomic E-state index is 0.106. The van der Waals surface area contributed by atoms with Crippen LogP contribution in [-0.4, -0.2) is 24.8 Å². The Morgan fingerprint density at radius 3 is 2.06 bits per heavy atom. The fraction of sp³-hybridized carbons (Fsp3) is 0.250. The molecule has 2 nitrogen and oxygen atoms in total. The highest BCUT2D eigenvalue weighted by Crippen LogP contribution is 2.16. The average Bonchev–Trinajstić information content (AvgIpc) is 2.46. The lowest BCUT2D eigenvalue weighted by Gasteiger charge is -2.28. The molecule has 1 N–H and O–H groups in total. The van der Waals surface area contributed by atoms with Crippen LogP contribution in [0.2, 0.25) is 0 Å². The first-order chi connectivity index (χ1) is 8.81. The first-order valence-corrected chi connectivity index (χ1v) is 6.24. The van der Waals surface area contributed by atoms with Crippen LogP contribution >= 0.6 is 0 Å². The van der Waals surface area contributed by atoms with Crippen LogP contribution < -0.4 is 4.90 Å². The summed E-state index contributed by atoms with van der Waals surface area (Å²) in [5, 5.41) is 9.58. The van der Waals surface area contributed by atoms with Crippen LogP contribution in [0.15, 0.2) is 60.7 Å². The molecule has 0 aliphatic rings. The second-order valence-corrected chi connectivity index (χ2v) is 4.47. The molecule has 0 fully saturated rings. The van der Waals surface area contributed by atoms with E-state index in [0.717, 1.165) is 12.1 Å². The molecule has 0 radical (unpaired) electrons. The van der Waals surface area contributed by atoms with Gasteiger partial charge in [-0.1, -0.05) is 48.5 Å². The van der Waals surface area contributed by atoms with Crippen LogP contribution in [0.3, 0.4) is 0 Å². The van der Waals surface area contributed by atoms with E-state index in [2.05, 4.69) is 29.2 Å². The number of para-hydroxylation sites is 1. The van der Waals surface area contributed by atoms with Gasteiger partial charge in [-0.25, -0.2) is 0 Å². The lowest BCUT2D eigenvalue weighted by Crippen LogP contribution is -2.36. The van der Waals surface area contributed by atoms with Gasteiger partial charge < -0.3 is 10.0 Å². The predicted molar refractivity (Wildman–Crippen MR) is 75.9 cm³/mol. The molecule has 0 aliphatic carbocycles. The molecule has 0 amide bonds. The minimum absolute atomic E-state index is 0.106. The molecule has 0 spiro atoms. The topological polar surface area (TPSA) is 23.5 Å². The average molecular weight is 241 g/mol. The summed E-state index contributed by atoms with van der Waals surface area (Å²) in [7, 11) is 2.03. The minimum Gasteiger partial charge on any atom is -0.394 e. The van der Waals surface area contributed by atoms with Gasteiger partial charge in [0.25, 0.3) is 0 Å². The normalized spacial score (nSPS) is 12.1. The largest absolute Gasteiger partial charge is 0.394 e. The molecule has 0 heterocycles. The monoisotopic (exact) mass is 241 g/mol. The maximum absolute atomic E-state index is 9.58. The molecule has 0 aromatic heterocycles. The van der Waals surface area contributed by atoms with Gasteiger partial charge >= 0.3 is 0 Å². The molecule has 18 heavy (non-hydrogen) atoms. The third-order valence-electron chi connectivity index (χ3n) is 3.24. The Morgan fingerprint density at radius 1 is 0.944 bits per heavy atom. The molecule has 0 unspecified atom stereocenters. The van der Waals surface area contributed by atoms with Crippen molar-refractivity contribution < 1.29 is 5.11 Å². The van der Waals surface area contributed by atoms with Crippen molar-refractivity contribution in [2.75, 3.05) is 18.6 Å². The summed E-state index contributed by atoms with van der Waals surface area (Å²) in [6.45, 7) is 0.153. The van der Waals surface area contributed by atoms with Crippen LogP contribution in [0.25, 0.3) is 0 Å². The fourth-order valence-corrected chi connectivity index (χ4v) is 2.08. The van der Waals surface area contributed by atoms with Crippen LogP contribution in [-0.2, 0) is 6.42 Å². The van der Waals surface area contributed by atoms with E-state index in [-0.39, 0.29) is 12.6 Å². The molecule has 2 aromatic carbocycles. The van der Waals surface area contributed by atoms with Crippen molar-refractivity contribution in [1.82, 2.24) is 0 Å². The maximum atomic E-state index is 9.58. The zero-order valence-electron chi connectivity index (χ0n) is 10.7. The van der Waals surface area contributed by atoms with Gasteiger partial charge in [0, 0.05) is 12.7 Å². The second kappa shape index (κ2) is 6.22. The molecule has 94 valence electrons. The molecular weight excluding hydrogens is 222 g/mol. The van der Waals surface area contributed by atoms with Gasteiger partial charge in [0.2, 0.25) is 0 Å². The Kier molecular flexibility index (Phi) is 4.37. The summed E-state index contributed by atoms with van der Waals surface area (Å²) < 4.78 is 0. The molecule has 2 aromatic rings. The summed E-state index contributed by atoms with van der Waals surface area (Å²) in [6, 6.07) is 20.5. The van der Waals surface area contributed by atoms with E-state index >= 15 is 0 Å². The van der Waals surface area contributed by atoms with Crippen molar-refractivity contribution >= 4 is 5.69 Å². The third kappa shape index (κ3) is 3.11. The lowest BCUT2D eigenvalue weighted by molar-refractivity contribution is 0.261. The van der Waals surface area contributed by atoms with E-state index in [9.17, 15) is 5.11 Å². The van der Waals surface area contributed by atoms with Crippen LogP contribution in [0.4, 0.5) is 5.69 Å². The van der Waals surface area contributed by atoms with Crippen molar-refractivity contribution in [2.45, 2.75) is 12.5 Å². The van der Waals surface area contributed by atoms with Crippen molar-refractivity contribution in [2.24, 2.45) is 0 Å².